The van der Waals surface area contributed by atoms with Gasteiger partial charge in [-0.25, -0.2) is 21.9 Å². The maximum atomic E-state index is 13.6. The van der Waals surface area contributed by atoms with Crippen LogP contribution >= 0.6 is 11.6 Å². The summed E-state index contributed by atoms with van der Waals surface area (Å²) < 4.78 is 53.4. The molecular weight excluding hydrogens is 320 g/mol. The lowest BCUT2D eigenvalue weighted by Gasteiger charge is -2.35. The molecule has 0 heterocycles. The van der Waals surface area contributed by atoms with Crippen molar-refractivity contribution < 1.29 is 17.2 Å². The van der Waals surface area contributed by atoms with E-state index in [0.717, 1.165) is 44.2 Å². The molecule has 0 atom stereocenters. The van der Waals surface area contributed by atoms with E-state index in [4.69, 9.17) is 11.6 Å². The number of sulfonamides is 1. The zero-order valence-electron chi connectivity index (χ0n) is 11.5. The van der Waals surface area contributed by atoms with E-state index < -0.39 is 26.6 Å². The van der Waals surface area contributed by atoms with E-state index in [0.29, 0.717) is 11.9 Å². The first-order chi connectivity index (χ1) is 9.88. The Morgan fingerprint density at radius 2 is 1.86 bits per heavy atom. The van der Waals surface area contributed by atoms with Gasteiger partial charge < -0.3 is 0 Å². The summed E-state index contributed by atoms with van der Waals surface area (Å²) in [4.78, 5) is -0.664. The van der Waals surface area contributed by atoms with Gasteiger partial charge in [0.2, 0.25) is 10.0 Å². The molecule has 0 bridgehead atoms. The number of alkyl halides is 1. The van der Waals surface area contributed by atoms with Crippen molar-refractivity contribution in [2.75, 3.05) is 12.4 Å². The highest BCUT2D eigenvalue weighted by Crippen LogP contribution is 2.37. The first-order valence-electron chi connectivity index (χ1n) is 6.89. The van der Waals surface area contributed by atoms with Crippen molar-refractivity contribution in [2.45, 2.75) is 37.0 Å². The summed E-state index contributed by atoms with van der Waals surface area (Å²) in [5.41, 5.74) is -0.295. The Morgan fingerprint density at radius 1 is 1.19 bits per heavy atom. The molecule has 0 radical (unpaired) electrons. The molecule has 1 aliphatic rings. The van der Waals surface area contributed by atoms with E-state index in [1.54, 1.807) is 0 Å². The lowest BCUT2D eigenvalue weighted by molar-refractivity contribution is 0.223. The molecule has 1 aliphatic carbocycles. The average Bonchev–Trinajstić information content (AvgIpc) is 2.49. The summed E-state index contributed by atoms with van der Waals surface area (Å²) in [7, 11) is -4.08. The van der Waals surface area contributed by atoms with Crippen LogP contribution in [-0.2, 0) is 10.0 Å². The lowest BCUT2D eigenvalue weighted by atomic mass is 9.76. The fourth-order valence-corrected chi connectivity index (χ4v) is 4.27. The third-order valence-electron chi connectivity index (χ3n) is 4.02. The van der Waals surface area contributed by atoms with Gasteiger partial charge in [0, 0.05) is 12.4 Å². The molecule has 0 aromatic heterocycles. The van der Waals surface area contributed by atoms with Crippen LogP contribution in [-0.4, -0.2) is 20.8 Å². The van der Waals surface area contributed by atoms with Crippen molar-refractivity contribution in [2.24, 2.45) is 5.41 Å². The predicted octanol–water partition coefficient (Wildman–Crippen LogP) is 3.43. The SMILES string of the molecule is O=S(=O)(NCC1(CCl)CCCCC1)c1cc(F)ccc1F. The van der Waals surface area contributed by atoms with Gasteiger partial charge in [0.15, 0.2) is 0 Å². The Labute approximate surface area is 128 Å². The zero-order valence-corrected chi connectivity index (χ0v) is 13.1. The van der Waals surface area contributed by atoms with Gasteiger partial charge in [-0.2, -0.15) is 0 Å². The van der Waals surface area contributed by atoms with Gasteiger partial charge >= 0.3 is 0 Å². The molecule has 3 nitrogen and oxygen atoms in total. The quantitative estimate of drug-likeness (QED) is 0.837. The van der Waals surface area contributed by atoms with Crippen LogP contribution in [0.2, 0.25) is 0 Å². The average molecular weight is 338 g/mol. The Kier molecular flexibility index (Phi) is 5.22. The van der Waals surface area contributed by atoms with Gasteiger partial charge in [-0.15, -0.1) is 11.6 Å². The number of rotatable bonds is 5. The molecule has 1 fully saturated rings. The van der Waals surface area contributed by atoms with Gasteiger partial charge in [-0.05, 0) is 36.5 Å². The van der Waals surface area contributed by atoms with E-state index in [-0.39, 0.29) is 12.0 Å². The highest BCUT2D eigenvalue weighted by molar-refractivity contribution is 7.89. The number of hydrogen-bond acceptors (Lipinski definition) is 2. The first-order valence-corrected chi connectivity index (χ1v) is 8.91. The lowest BCUT2D eigenvalue weighted by Crippen LogP contribution is -2.40. The molecule has 1 saturated carbocycles. The molecule has 118 valence electrons. The second kappa shape index (κ2) is 6.58. The standard InChI is InChI=1S/C14H18ClF2NO2S/c15-9-14(6-2-1-3-7-14)10-18-21(19,20)13-8-11(16)4-5-12(13)17/h4-5,8,18H,1-3,6-7,9-10H2. The minimum Gasteiger partial charge on any atom is -0.210 e. The van der Waals surface area contributed by atoms with Crippen LogP contribution in [0.25, 0.3) is 0 Å². The normalized spacial score (nSPS) is 18.6. The van der Waals surface area contributed by atoms with Crippen LogP contribution < -0.4 is 4.72 Å². The maximum Gasteiger partial charge on any atom is 0.243 e. The van der Waals surface area contributed by atoms with Crippen LogP contribution in [0.1, 0.15) is 32.1 Å². The number of hydrogen-bond donors (Lipinski definition) is 1. The molecule has 0 spiro atoms. The van der Waals surface area contributed by atoms with E-state index in [1.807, 2.05) is 0 Å². The third-order valence-corrected chi connectivity index (χ3v) is 6.00. The van der Waals surface area contributed by atoms with Crippen LogP contribution in [0.3, 0.4) is 0 Å². The van der Waals surface area contributed by atoms with E-state index >= 15 is 0 Å². The highest BCUT2D eigenvalue weighted by Gasteiger charge is 2.33. The van der Waals surface area contributed by atoms with Crippen molar-refractivity contribution in [3.05, 3.63) is 29.8 Å². The highest BCUT2D eigenvalue weighted by atomic mass is 35.5. The Hall–Kier alpha value is -0.720. The van der Waals surface area contributed by atoms with Gasteiger partial charge in [0.1, 0.15) is 16.5 Å². The first kappa shape index (κ1) is 16.6. The fourth-order valence-electron chi connectivity index (χ4n) is 2.67. The molecule has 0 unspecified atom stereocenters. The van der Waals surface area contributed by atoms with Crippen LogP contribution in [0.15, 0.2) is 23.1 Å². The minimum absolute atomic E-state index is 0.148. The molecule has 0 saturated heterocycles. The minimum atomic E-state index is -4.08. The van der Waals surface area contributed by atoms with E-state index in [9.17, 15) is 17.2 Å². The Balaban J connectivity index is 2.15. The molecule has 0 amide bonds. The van der Waals surface area contributed by atoms with Crippen LogP contribution in [0.4, 0.5) is 8.78 Å². The fraction of sp³-hybridized carbons (Fsp3) is 0.571. The molecule has 1 N–H and O–H groups in total. The van der Waals surface area contributed by atoms with E-state index in [2.05, 4.69) is 4.72 Å². The number of halogens is 3. The summed E-state index contributed by atoms with van der Waals surface area (Å²) in [5.74, 6) is -1.41. The van der Waals surface area contributed by atoms with Crippen molar-refractivity contribution in [1.82, 2.24) is 4.72 Å². The summed E-state index contributed by atoms with van der Waals surface area (Å²) >= 11 is 6.00. The van der Waals surface area contributed by atoms with Crippen molar-refractivity contribution in [3.63, 3.8) is 0 Å². The zero-order chi connectivity index (χ0) is 15.5. The molecule has 1 aromatic rings. The summed E-state index contributed by atoms with van der Waals surface area (Å²) in [5, 5.41) is 0. The van der Waals surface area contributed by atoms with Gasteiger partial charge in [0.05, 0.1) is 0 Å². The largest absolute Gasteiger partial charge is 0.243 e. The maximum absolute atomic E-state index is 13.6. The molecule has 0 aliphatic heterocycles. The second-order valence-electron chi connectivity index (χ2n) is 5.59. The third kappa shape index (κ3) is 3.93. The van der Waals surface area contributed by atoms with Crippen molar-refractivity contribution in [3.8, 4) is 0 Å². The number of benzene rings is 1. The van der Waals surface area contributed by atoms with Gasteiger partial charge in [0.25, 0.3) is 0 Å². The van der Waals surface area contributed by atoms with Gasteiger partial charge in [-0.3, -0.25) is 0 Å². The van der Waals surface area contributed by atoms with E-state index in [1.165, 1.54) is 0 Å². The monoisotopic (exact) mass is 337 g/mol. The molecule has 21 heavy (non-hydrogen) atoms. The molecule has 1 aromatic carbocycles. The van der Waals surface area contributed by atoms with Gasteiger partial charge in [-0.1, -0.05) is 19.3 Å². The second-order valence-corrected chi connectivity index (χ2v) is 7.60. The van der Waals surface area contributed by atoms with Crippen molar-refractivity contribution in [1.29, 1.82) is 0 Å². The van der Waals surface area contributed by atoms with Crippen LogP contribution in [0, 0.1) is 17.0 Å². The molecule has 7 heteroatoms. The number of nitrogens with one attached hydrogen (secondary N) is 1. The molecular formula is C14H18ClF2NO2S. The smallest absolute Gasteiger partial charge is 0.210 e. The predicted molar refractivity (Wildman–Crippen MR) is 77.8 cm³/mol. The van der Waals surface area contributed by atoms with Crippen molar-refractivity contribution >= 4 is 21.6 Å². The van der Waals surface area contributed by atoms with Crippen LogP contribution in [0.5, 0.6) is 0 Å². The summed E-state index contributed by atoms with van der Waals surface area (Å²) in [6.45, 7) is 0.148. The topological polar surface area (TPSA) is 46.2 Å². The Morgan fingerprint density at radius 3 is 2.48 bits per heavy atom. The molecule has 2 rings (SSSR count). The summed E-state index contributed by atoms with van der Waals surface area (Å²) in [6, 6.07) is 2.38. The Bertz CT molecular complexity index is 601. The summed E-state index contributed by atoms with van der Waals surface area (Å²) in [6.07, 6.45) is 4.80.